The molecule has 2 aromatic carbocycles. The molecule has 0 saturated carbocycles. The van der Waals surface area contributed by atoms with E-state index in [9.17, 15) is 24.5 Å². The number of ether oxygens (including phenoxy) is 1. The third-order valence-electron chi connectivity index (χ3n) is 5.57. The monoisotopic (exact) mass is 492 g/mol. The maximum absolute atomic E-state index is 13.0. The van der Waals surface area contributed by atoms with Crippen LogP contribution in [-0.4, -0.2) is 38.7 Å². The normalized spacial score (nSPS) is 10.9. The molecule has 36 heavy (non-hydrogen) atoms. The molecule has 4 aromatic rings. The first-order valence-electron chi connectivity index (χ1n) is 11.0. The van der Waals surface area contributed by atoms with Crippen LogP contribution >= 0.6 is 0 Å². The summed E-state index contributed by atoms with van der Waals surface area (Å²) in [6, 6.07) is 15.4. The number of rotatable bonds is 10. The standard InChI is InChI=1S/C24H24N6O6/c1-36-12-11-29-22(21(23(32)27-24(29)33)25-14-16-5-3-2-4-6-16)26-20(31)15-28-10-9-17-13-18(30(34)35)7-8-19(17)28/h2-10,13,25H,11-12,14-15H2,1H3,(H,26,31)(H,27,32,33). The summed E-state index contributed by atoms with van der Waals surface area (Å²) in [5.41, 5.74) is 0.160. The van der Waals surface area contributed by atoms with Crippen molar-refractivity contribution >= 4 is 34.0 Å². The molecule has 0 spiro atoms. The van der Waals surface area contributed by atoms with Crippen molar-refractivity contribution in [3.63, 3.8) is 0 Å². The van der Waals surface area contributed by atoms with Crippen LogP contribution in [0.4, 0.5) is 17.2 Å². The number of nitro benzene ring substituents is 1. The lowest BCUT2D eigenvalue weighted by Gasteiger charge is -2.18. The Labute approximate surface area is 204 Å². The third-order valence-corrected chi connectivity index (χ3v) is 5.57. The Bertz CT molecular complexity index is 1520. The number of non-ortho nitro benzene ring substituents is 1. The number of nitrogens with one attached hydrogen (secondary N) is 3. The number of aromatic amines is 1. The predicted molar refractivity (Wildman–Crippen MR) is 134 cm³/mol. The van der Waals surface area contributed by atoms with Gasteiger partial charge in [0.05, 0.1) is 18.1 Å². The van der Waals surface area contributed by atoms with E-state index < -0.39 is 22.1 Å². The second-order valence-electron chi connectivity index (χ2n) is 7.96. The van der Waals surface area contributed by atoms with Gasteiger partial charge in [0.25, 0.3) is 11.2 Å². The Hall–Kier alpha value is -4.71. The van der Waals surface area contributed by atoms with E-state index in [-0.39, 0.29) is 43.4 Å². The highest BCUT2D eigenvalue weighted by Gasteiger charge is 2.18. The van der Waals surface area contributed by atoms with Crippen molar-refractivity contribution in [3.05, 3.63) is 97.3 Å². The largest absolute Gasteiger partial charge is 0.383 e. The van der Waals surface area contributed by atoms with Crippen LogP contribution in [0, 0.1) is 10.1 Å². The summed E-state index contributed by atoms with van der Waals surface area (Å²) in [5.74, 6) is -0.474. The maximum Gasteiger partial charge on any atom is 0.330 e. The van der Waals surface area contributed by atoms with Crippen LogP contribution in [0.1, 0.15) is 5.56 Å². The second-order valence-corrected chi connectivity index (χ2v) is 7.96. The highest BCUT2D eigenvalue weighted by atomic mass is 16.6. The highest BCUT2D eigenvalue weighted by molar-refractivity contribution is 5.94. The smallest absolute Gasteiger partial charge is 0.330 e. The van der Waals surface area contributed by atoms with Crippen LogP contribution in [0.15, 0.2) is 70.4 Å². The van der Waals surface area contributed by atoms with Crippen molar-refractivity contribution in [1.82, 2.24) is 14.1 Å². The average Bonchev–Trinajstić information content (AvgIpc) is 3.25. The lowest BCUT2D eigenvalue weighted by atomic mass is 10.2. The molecule has 0 atom stereocenters. The number of H-pyrrole nitrogens is 1. The van der Waals surface area contributed by atoms with Crippen LogP contribution < -0.4 is 21.9 Å². The number of nitrogens with zero attached hydrogens (tertiary/aromatic N) is 3. The number of benzene rings is 2. The van der Waals surface area contributed by atoms with Crippen LogP contribution in [0.2, 0.25) is 0 Å². The first-order valence-corrected chi connectivity index (χ1v) is 11.0. The van der Waals surface area contributed by atoms with Gasteiger partial charge < -0.3 is 19.9 Å². The van der Waals surface area contributed by atoms with Crippen molar-refractivity contribution in [2.24, 2.45) is 0 Å². The van der Waals surface area contributed by atoms with Crippen LogP contribution in [-0.2, 0) is 29.2 Å². The molecular weight excluding hydrogens is 468 g/mol. The number of hydrogen-bond donors (Lipinski definition) is 3. The van der Waals surface area contributed by atoms with Gasteiger partial charge in [0.15, 0.2) is 0 Å². The molecule has 186 valence electrons. The highest BCUT2D eigenvalue weighted by Crippen LogP contribution is 2.22. The number of anilines is 2. The number of carbonyl (C=O) groups is 1. The number of hydrogen-bond acceptors (Lipinski definition) is 7. The molecule has 0 aliphatic carbocycles. The molecule has 3 N–H and O–H groups in total. The van der Waals surface area contributed by atoms with E-state index in [0.717, 1.165) is 5.56 Å². The molecule has 0 saturated heterocycles. The first-order chi connectivity index (χ1) is 17.4. The molecule has 0 aliphatic heterocycles. The van der Waals surface area contributed by atoms with E-state index >= 15 is 0 Å². The van der Waals surface area contributed by atoms with Gasteiger partial charge in [-0.05, 0) is 17.7 Å². The van der Waals surface area contributed by atoms with E-state index in [1.54, 1.807) is 22.9 Å². The van der Waals surface area contributed by atoms with Gasteiger partial charge in [-0.15, -0.1) is 0 Å². The van der Waals surface area contributed by atoms with Gasteiger partial charge in [0.1, 0.15) is 18.1 Å². The van der Waals surface area contributed by atoms with Gasteiger partial charge in [-0.25, -0.2) is 4.79 Å². The van der Waals surface area contributed by atoms with Gasteiger partial charge in [0, 0.05) is 42.9 Å². The quantitative estimate of drug-likeness (QED) is 0.227. The summed E-state index contributed by atoms with van der Waals surface area (Å²) in [6.45, 7) is 0.410. The lowest BCUT2D eigenvalue weighted by Crippen LogP contribution is -2.36. The summed E-state index contributed by atoms with van der Waals surface area (Å²) in [4.78, 5) is 51.1. The Balaban J connectivity index is 1.64. The molecular formula is C24H24N6O6. The van der Waals surface area contributed by atoms with Gasteiger partial charge >= 0.3 is 5.69 Å². The van der Waals surface area contributed by atoms with Crippen molar-refractivity contribution in [2.45, 2.75) is 19.6 Å². The maximum atomic E-state index is 13.0. The molecule has 0 unspecified atom stereocenters. The number of nitro groups is 1. The zero-order valence-corrected chi connectivity index (χ0v) is 19.4. The van der Waals surface area contributed by atoms with Gasteiger partial charge in [-0.1, -0.05) is 30.3 Å². The molecule has 2 heterocycles. The first kappa shape index (κ1) is 24.4. The molecule has 1 amide bonds. The summed E-state index contributed by atoms with van der Waals surface area (Å²) in [5, 5.41) is 17.4. The van der Waals surface area contributed by atoms with Gasteiger partial charge in [0.2, 0.25) is 5.91 Å². The van der Waals surface area contributed by atoms with Crippen LogP contribution in [0.5, 0.6) is 0 Å². The Kier molecular flexibility index (Phi) is 7.25. The topological polar surface area (TPSA) is 153 Å². The molecule has 0 aliphatic rings. The molecule has 2 aromatic heterocycles. The summed E-state index contributed by atoms with van der Waals surface area (Å²) in [7, 11) is 1.48. The Morgan fingerprint density at radius 3 is 2.64 bits per heavy atom. The average molecular weight is 492 g/mol. The van der Waals surface area contributed by atoms with Crippen LogP contribution in [0.3, 0.4) is 0 Å². The van der Waals surface area contributed by atoms with Gasteiger partial charge in [-0.2, -0.15) is 0 Å². The molecule has 0 fully saturated rings. The minimum atomic E-state index is -0.684. The minimum Gasteiger partial charge on any atom is -0.383 e. The van der Waals surface area contributed by atoms with E-state index in [1.807, 2.05) is 30.3 Å². The predicted octanol–water partition coefficient (Wildman–Crippen LogP) is 2.30. The number of aromatic nitrogens is 3. The van der Waals surface area contributed by atoms with E-state index in [0.29, 0.717) is 10.9 Å². The zero-order valence-electron chi connectivity index (χ0n) is 19.4. The van der Waals surface area contributed by atoms with Crippen LogP contribution in [0.25, 0.3) is 10.9 Å². The van der Waals surface area contributed by atoms with Crippen molar-refractivity contribution in [2.75, 3.05) is 24.4 Å². The number of fused-ring (bicyclic) bond motifs is 1. The van der Waals surface area contributed by atoms with E-state index in [1.165, 1.54) is 23.8 Å². The van der Waals surface area contributed by atoms with Crippen molar-refractivity contribution in [1.29, 1.82) is 0 Å². The fourth-order valence-corrected chi connectivity index (χ4v) is 3.81. The van der Waals surface area contributed by atoms with Crippen molar-refractivity contribution in [3.8, 4) is 0 Å². The SMILES string of the molecule is COCCn1c(NC(=O)Cn2ccc3cc([N+](=O)[O-])ccc32)c(NCc2ccccc2)c(=O)[nH]c1=O. The fraction of sp³-hybridized carbons (Fsp3) is 0.208. The minimum absolute atomic E-state index is 0.0221. The zero-order chi connectivity index (χ0) is 25.7. The molecule has 0 bridgehead atoms. The second kappa shape index (κ2) is 10.7. The molecule has 0 radical (unpaired) electrons. The fourth-order valence-electron chi connectivity index (χ4n) is 3.81. The molecule has 4 rings (SSSR count). The Morgan fingerprint density at radius 2 is 1.92 bits per heavy atom. The van der Waals surface area contributed by atoms with Crippen molar-refractivity contribution < 1.29 is 14.5 Å². The number of amides is 1. The Morgan fingerprint density at radius 1 is 1.14 bits per heavy atom. The number of carbonyl (C=O) groups excluding carboxylic acids is 1. The third kappa shape index (κ3) is 5.33. The van der Waals surface area contributed by atoms with Gasteiger partial charge in [-0.3, -0.25) is 29.3 Å². The van der Waals surface area contributed by atoms with E-state index in [2.05, 4.69) is 15.6 Å². The summed E-state index contributed by atoms with van der Waals surface area (Å²) < 4.78 is 7.93. The number of methoxy groups -OCH3 is 1. The molecule has 12 nitrogen and oxygen atoms in total. The lowest BCUT2D eigenvalue weighted by molar-refractivity contribution is -0.384. The summed E-state index contributed by atoms with van der Waals surface area (Å²) in [6.07, 6.45) is 1.64. The van der Waals surface area contributed by atoms with E-state index in [4.69, 9.17) is 4.74 Å². The molecule has 12 heteroatoms. The summed E-state index contributed by atoms with van der Waals surface area (Å²) >= 11 is 0.